The molecule has 0 radical (unpaired) electrons. The average molecular weight is 206 g/mol. The van der Waals surface area contributed by atoms with Gasteiger partial charge in [-0.2, -0.15) is 0 Å². The Morgan fingerprint density at radius 3 is 2.60 bits per heavy atom. The van der Waals surface area contributed by atoms with Gasteiger partial charge in [0.15, 0.2) is 11.5 Å². The van der Waals surface area contributed by atoms with Crippen LogP contribution >= 0.6 is 0 Å². The minimum absolute atomic E-state index is 0.294. The molecular weight excluding hydrogens is 192 g/mol. The van der Waals surface area contributed by atoms with E-state index in [0.29, 0.717) is 18.8 Å². The summed E-state index contributed by atoms with van der Waals surface area (Å²) >= 11 is 0. The first-order valence-electron chi connectivity index (χ1n) is 5.33. The monoisotopic (exact) mass is 206 g/mol. The van der Waals surface area contributed by atoms with E-state index in [0.717, 1.165) is 23.7 Å². The Kier molecular flexibility index (Phi) is 1.81. The molecule has 15 heavy (non-hydrogen) atoms. The van der Waals surface area contributed by atoms with E-state index in [-0.39, 0.29) is 0 Å². The van der Waals surface area contributed by atoms with Crippen LogP contribution in [0.25, 0.3) is 0 Å². The van der Waals surface area contributed by atoms with Gasteiger partial charge in [0.1, 0.15) is 11.9 Å². The molecule has 1 aromatic carbocycles. The summed E-state index contributed by atoms with van der Waals surface area (Å²) in [6, 6.07) is 3.99. The first-order chi connectivity index (χ1) is 7.24. The van der Waals surface area contributed by atoms with Crippen molar-refractivity contribution in [2.75, 3.05) is 6.79 Å². The lowest BCUT2D eigenvalue weighted by Gasteiger charge is -2.13. The number of hydrogen-bond acceptors (Lipinski definition) is 3. The summed E-state index contributed by atoms with van der Waals surface area (Å²) < 4.78 is 16.5. The van der Waals surface area contributed by atoms with Crippen molar-refractivity contribution in [2.24, 2.45) is 5.92 Å². The van der Waals surface area contributed by atoms with Crippen molar-refractivity contribution in [3.05, 3.63) is 17.7 Å². The Balaban J connectivity index is 1.95. The number of ether oxygens (including phenoxy) is 3. The molecule has 2 heterocycles. The predicted molar refractivity (Wildman–Crippen MR) is 55.5 cm³/mol. The van der Waals surface area contributed by atoms with E-state index in [1.165, 1.54) is 5.56 Å². The van der Waals surface area contributed by atoms with Crippen LogP contribution in [-0.2, 0) is 6.42 Å². The zero-order valence-corrected chi connectivity index (χ0v) is 8.95. The van der Waals surface area contributed by atoms with Gasteiger partial charge in [-0.1, -0.05) is 13.8 Å². The van der Waals surface area contributed by atoms with Crippen molar-refractivity contribution in [3.8, 4) is 17.2 Å². The maximum absolute atomic E-state index is 5.86. The van der Waals surface area contributed by atoms with Crippen LogP contribution in [0.4, 0.5) is 0 Å². The van der Waals surface area contributed by atoms with E-state index < -0.39 is 0 Å². The van der Waals surface area contributed by atoms with Crippen LogP contribution < -0.4 is 14.2 Å². The smallest absolute Gasteiger partial charge is 0.231 e. The second kappa shape index (κ2) is 3.05. The number of fused-ring (bicyclic) bond motifs is 2. The summed E-state index contributed by atoms with van der Waals surface area (Å²) in [5.74, 6) is 3.15. The van der Waals surface area contributed by atoms with Gasteiger partial charge in [0.2, 0.25) is 6.79 Å². The van der Waals surface area contributed by atoms with Gasteiger partial charge in [0.25, 0.3) is 0 Å². The lowest BCUT2D eigenvalue weighted by Crippen LogP contribution is -2.19. The van der Waals surface area contributed by atoms with Gasteiger partial charge in [-0.05, 0) is 12.0 Å². The standard InChI is InChI=1S/C12H14O3/c1-7(2)9-3-8-4-11-12(14-6-13-11)5-10(8)15-9/h4-5,7,9H,3,6H2,1-2H3. The normalized spacial score (nSPS) is 21.7. The molecule has 2 aliphatic rings. The highest BCUT2D eigenvalue weighted by atomic mass is 16.7. The zero-order chi connectivity index (χ0) is 10.4. The van der Waals surface area contributed by atoms with Crippen LogP contribution in [0.5, 0.6) is 17.2 Å². The third-order valence-electron chi connectivity index (χ3n) is 3.00. The predicted octanol–water partition coefficient (Wildman–Crippen LogP) is 2.37. The second-order valence-corrected chi connectivity index (χ2v) is 4.42. The molecule has 0 N–H and O–H groups in total. The molecule has 0 spiro atoms. The fourth-order valence-electron chi connectivity index (χ4n) is 2.03. The summed E-state index contributed by atoms with van der Waals surface area (Å²) in [6.07, 6.45) is 1.27. The summed E-state index contributed by atoms with van der Waals surface area (Å²) in [7, 11) is 0. The number of benzene rings is 1. The fraction of sp³-hybridized carbons (Fsp3) is 0.500. The highest BCUT2D eigenvalue weighted by Crippen LogP contribution is 2.42. The highest BCUT2D eigenvalue weighted by molar-refractivity contribution is 5.53. The van der Waals surface area contributed by atoms with E-state index in [2.05, 4.69) is 13.8 Å². The summed E-state index contributed by atoms with van der Waals surface area (Å²) in [4.78, 5) is 0. The molecule has 0 bridgehead atoms. The average Bonchev–Trinajstić information content (AvgIpc) is 2.77. The fourth-order valence-corrected chi connectivity index (χ4v) is 2.03. The lowest BCUT2D eigenvalue weighted by molar-refractivity contribution is 0.169. The maximum atomic E-state index is 5.86. The SMILES string of the molecule is CC(C)C1Cc2cc3c(cc2O1)OCO3. The van der Waals surface area contributed by atoms with Crippen molar-refractivity contribution < 1.29 is 14.2 Å². The van der Waals surface area contributed by atoms with E-state index in [9.17, 15) is 0 Å². The Morgan fingerprint density at radius 2 is 1.87 bits per heavy atom. The largest absolute Gasteiger partial charge is 0.489 e. The van der Waals surface area contributed by atoms with E-state index in [1.807, 2.05) is 12.1 Å². The molecule has 0 amide bonds. The van der Waals surface area contributed by atoms with Gasteiger partial charge in [0.05, 0.1) is 0 Å². The lowest BCUT2D eigenvalue weighted by atomic mass is 10.0. The van der Waals surface area contributed by atoms with E-state index in [1.54, 1.807) is 0 Å². The van der Waals surface area contributed by atoms with Crippen molar-refractivity contribution >= 4 is 0 Å². The van der Waals surface area contributed by atoms with Crippen LogP contribution in [0.15, 0.2) is 12.1 Å². The van der Waals surface area contributed by atoms with Crippen LogP contribution in [0, 0.1) is 5.92 Å². The van der Waals surface area contributed by atoms with Gasteiger partial charge >= 0.3 is 0 Å². The molecule has 80 valence electrons. The molecule has 2 aliphatic heterocycles. The molecule has 3 heteroatoms. The molecule has 0 saturated heterocycles. The van der Waals surface area contributed by atoms with Crippen molar-refractivity contribution in [2.45, 2.75) is 26.4 Å². The van der Waals surface area contributed by atoms with Gasteiger partial charge in [-0.25, -0.2) is 0 Å². The summed E-state index contributed by atoms with van der Waals surface area (Å²) in [5.41, 5.74) is 1.23. The van der Waals surface area contributed by atoms with Gasteiger partial charge in [-0.15, -0.1) is 0 Å². The molecule has 0 aromatic heterocycles. The quantitative estimate of drug-likeness (QED) is 0.706. The van der Waals surface area contributed by atoms with Gasteiger partial charge in [-0.3, -0.25) is 0 Å². The third kappa shape index (κ3) is 1.34. The molecule has 0 aliphatic carbocycles. The third-order valence-corrected chi connectivity index (χ3v) is 3.00. The molecule has 1 aromatic rings. The maximum Gasteiger partial charge on any atom is 0.231 e. The topological polar surface area (TPSA) is 27.7 Å². The molecule has 1 unspecified atom stereocenters. The first kappa shape index (κ1) is 8.89. The Bertz CT molecular complexity index is 365. The minimum Gasteiger partial charge on any atom is -0.489 e. The van der Waals surface area contributed by atoms with Gasteiger partial charge in [0, 0.05) is 18.1 Å². The summed E-state index contributed by atoms with van der Waals surface area (Å²) in [6.45, 7) is 4.68. The molecule has 3 rings (SSSR count). The van der Waals surface area contributed by atoms with Crippen molar-refractivity contribution in [3.63, 3.8) is 0 Å². The Labute approximate surface area is 89.0 Å². The van der Waals surface area contributed by atoms with Crippen molar-refractivity contribution in [1.29, 1.82) is 0 Å². The van der Waals surface area contributed by atoms with Gasteiger partial charge < -0.3 is 14.2 Å². The molecular formula is C12H14O3. The molecule has 1 atom stereocenters. The number of rotatable bonds is 1. The first-order valence-corrected chi connectivity index (χ1v) is 5.33. The summed E-state index contributed by atoms with van der Waals surface area (Å²) in [5, 5.41) is 0. The second-order valence-electron chi connectivity index (χ2n) is 4.42. The Hall–Kier alpha value is -1.38. The Morgan fingerprint density at radius 1 is 1.13 bits per heavy atom. The van der Waals surface area contributed by atoms with E-state index >= 15 is 0 Å². The molecule has 3 nitrogen and oxygen atoms in total. The van der Waals surface area contributed by atoms with E-state index in [4.69, 9.17) is 14.2 Å². The van der Waals surface area contributed by atoms with Crippen LogP contribution in [0.2, 0.25) is 0 Å². The van der Waals surface area contributed by atoms with Crippen LogP contribution in [0.3, 0.4) is 0 Å². The molecule has 0 fully saturated rings. The minimum atomic E-state index is 0.294. The number of hydrogen-bond donors (Lipinski definition) is 0. The van der Waals surface area contributed by atoms with Crippen LogP contribution in [0.1, 0.15) is 19.4 Å². The highest BCUT2D eigenvalue weighted by Gasteiger charge is 2.28. The van der Waals surface area contributed by atoms with Crippen LogP contribution in [-0.4, -0.2) is 12.9 Å². The zero-order valence-electron chi connectivity index (χ0n) is 8.95. The molecule has 0 saturated carbocycles. The van der Waals surface area contributed by atoms with Crippen molar-refractivity contribution in [1.82, 2.24) is 0 Å².